The number of nitrogens with two attached hydrogens (primary N) is 1. The molecule has 3 nitrogen and oxygen atoms in total. The molecule has 100 valence electrons. The van der Waals surface area contributed by atoms with Gasteiger partial charge in [0, 0.05) is 19.5 Å². The molecule has 0 aromatic carbocycles. The second-order valence-corrected chi connectivity index (χ2v) is 6.31. The number of hydrogen-bond acceptors (Lipinski definition) is 2. The summed E-state index contributed by atoms with van der Waals surface area (Å²) in [7, 11) is 0. The molecule has 0 fully saturated rings. The van der Waals surface area contributed by atoms with Crippen molar-refractivity contribution in [3.63, 3.8) is 0 Å². The first-order valence-corrected chi connectivity index (χ1v) is 6.30. The van der Waals surface area contributed by atoms with Gasteiger partial charge >= 0.3 is 0 Å². The molecule has 0 aliphatic carbocycles. The van der Waals surface area contributed by atoms with E-state index >= 15 is 0 Å². The molecule has 0 spiro atoms. The summed E-state index contributed by atoms with van der Waals surface area (Å²) in [5.41, 5.74) is 5.56. The standard InChI is InChI=1S/C14H28N2O/c1-6-7-13(2,3)11-14(4,5)10-12(17)16-9-8-15/h6H,1,7-11,15H2,2-5H3,(H,16,17). The number of amides is 1. The Morgan fingerprint density at radius 2 is 1.88 bits per heavy atom. The van der Waals surface area contributed by atoms with Gasteiger partial charge in [0.1, 0.15) is 0 Å². The van der Waals surface area contributed by atoms with E-state index in [0.29, 0.717) is 19.5 Å². The number of rotatable bonds is 8. The smallest absolute Gasteiger partial charge is 0.220 e. The number of hydrogen-bond donors (Lipinski definition) is 2. The third-order valence-electron chi connectivity index (χ3n) is 2.76. The van der Waals surface area contributed by atoms with E-state index < -0.39 is 0 Å². The maximum absolute atomic E-state index is 11.7. The zero-order valence-electron chi connectivity index (χ0n) is 11.8. The molecule has 0 rings (SSSR count). The number of carbonyl (C=O) groups excluding carboxylic acids is 1. The molecular weight excluding hydrogens is 212 g/mol. The average molecular weight is 240 g/mol. The highest BCUT2D eigenvalue weighted by atomic mass is 16.1. The summed E-state index contributed by atoms with van der Waals surface area (Å²) in [5, 5.41) is 2.82. The van der Waals surface area contributed by atoms with E-state index in [4.69, 9.17) is 5.73 Å². The molecule has 17 heavy (non-hydrogen) atoms. The van der Waals surface area contributed by atoms with Gasteiger partial charge in [-0.05, 0) is 23.7 Å². The Bertz CT molecular complexity index is 257. The highest BCUT2D eigenvalue weighted by Gasteiger charge is 2.29. The topological polar surface area (TPSA) is 55.1 Å². The van der Waals surface area contributed by atoms with Gasteiger partial charge in [-0.15, -0.1) is 6.58 Å². The van der Waals surface area contributed by atoms with Gasteiger partial charge in [-0.1, -0.05) is 33.8 Å². The Morgan fingerprint density at radius 3 is 2.35 bits per heavy atom. The number of allylic oxidation sites excluding steroid dienone is 1. The lowest BCUT2D eigenvalue weighted by Crippen LogP contribution is -2.34. The van der Waals surface area contributed by atoms with Gasteiger partial charge in [0.2, 0.25) is 5.91 Å². The first-order chi connectivity index (χ1) is 7.72. The van der Waals surface area contributed by atoms with Crippen molar-refractivity contribution in [3.05, 3.63) is 12.7 Å². The monoisotopic (exact) mass is 240 g/mol. The molecule has 1 amide bonds. The Hall–Kier alpha value is -0.830. The summed E-state index contributed by atoms with van der Waals surface area (Å²) in [5.74, 6) is 0.0925. The second-order valence-electron chi connectivity index (χ2n) is 6.31. The van der Waals surface area contributed by atoms with Crippen molar-refractivity contribution in [3.8, 4) is 0 Å². The molecule has 0 aliphatic heterocycles. The van der Waals surface area contributed by atoms with Crippen LogP contribution >= 0.6 is 0 Å². The van der Waals surface area contributed by atoms with Crippen molar-refractivity contribution < 1.29 is 4.79 Å². The summed E-state index contributed by atoms with van der Waals surface area (Å²) < 4.78 is 0. The molecule has 0 unspecified atom stereocenters. The predicted molar refractivity (Wildman–Crippen MR) is 73.7 cm³/mol. The molecule has 0 saturated carbocycles. The third-order valence-corrected chi connectivity index (χ3v) is 2.76. The van der Waals surface area contributed by atoms with Crippen LogP contribution in [-0.2, 0) is 4.79 Å². The molecular formula is C14H28N2O. The maximum Gasteiger partial charge on any atom is 0.220 e. The fourth-order valence-electron chi connectivity index (χ4n) is 2.53. The molecule has 0 aromatic heterocycles. The van der Waals surface area contributed by atoms with Gasteiger partial charge in [-0.3, -0.25) is 4.79 Å². The van der Waals surface area contributed by atoms with Gasteiger partial charge in [-0.2, -0.15) is 0 Å². The van der Waals surface area contributed by atoms with Crippen LogP contribution in [0.25, 0.3) is 0 Å². The molecule has 0 saturated heterocycles. The van der Waals surface area contributed by atoms with Crippen LogP contribution in [0.3, 0.4) is 0 Å². The molecule has 0 aromatic rings. The summed E-state index contributed by atoms with van der Waals surface area (Å²) in [6, 6.07) is 0. The molecule has 0 aliphatic rings. The van der Waals surface area contributed by atoms with Crippen molar-refractivity contribution in [1.82, 2.24) is 5.32 Å². The molecule has 3 heteroatoms. The van der Waals surface area contributed by atoms with Gasteiger partial charge in [0.05, 0.1) is 0 Å². The molecule has 0 heterocycles. The lowest BCUT2D eigenvalue weighted by atomic mass is 9.72. The van der Waals surface area contributed by atoms with E-state index in [-0.39, 0.29) is 16.7 Å². The van der Waals surface area contributed by atoms with E-state index in [1.54, 1.807) is 0 Å². The zero-order valence-corrected chi connectivity index (χ0v) is 11.8. The Kier molecular flexibility index (Phi) is 6.46. The van der Waals surface area contributed by atoms with E-state index in [9.17, 15) is 4.79 Å². The van der Waals surface area contributed by atoms with Crippen molar-refractivity contribution in [2.24, 2.45) is 16.6 Å². The Morgan fingerprint density at radius 1 is 1.29 bits per heavy atom. The first-order valence-electron chi connectivity index (χ1n) is 6.30. The van der Waals surface area contributed by atoms with Gasteiger partial charge < -0.3 is 11.1 Å². The van der Waals surface area contributed by atoms with Crippen molar-refractivity contribution in [2.75, 3.05) is 13.1 Å². The molecule has 0 bridgehead atoms. The summed E-state index contributed by atoms with van der Waals surface area (Å²) >= 11 is 0. The quantitative estimate of drug-likeness (QED) is 0.640. The van der Waals surface area contributed by atoms with Gasteiger partial charge in [0.15, 0.2) is 0 Å². The van der Waals surface area contributed by atoms with Crippen LogP contribution in [0.2, 0.25) is 0 Å². The highest BCUT2D eigenvalue weighted by Crippen LogP contribution is 2.38. The van der Waals surface area contributed by atoms with Gasteiger partial charge in [0.25, 0.3) is 0 Å². The fraction of sp³-hybridized carbons (Fsp3) is 0.786. The van der Waals surface area contributed by atoms with Crippen LogP contribution in [0.5, 0.6) is 0 Å². The van der Waals surface area contributed by atoms with Crippen LogP contribution in [0, 0.1) is 10.8 Å². The molecule has 0 radical (unpaired) electrons. The third kappa shape index (κ3) is 7.97. The van der Waals surface area contributed by atoms with E-state index in [0.717, 1.165) is 12.8 Å². The minimum atomic E-state index is 0.00515. The Labute approximate surface area is 106 Å². The number of carbonyl (C=O) groups is 1. The van der Waals surface area contributed by atoms with E-state index in [1.165, 1.54) is 0 Å². The first kappa shape index (κ1) is 16.2. The molecule has 3 N–H and O–H groups in total. The number of nitrogens with one attached hydrogen (secondary N) is 1. The average Bonchev–Trinajstić information content (AvgIpc) is 2.11. The SMILES string of the molecule is C=CCC(C)(C)CC(C)(C)CC(=O)NCCN. The molecule has 0 atom stereocenters. The van der Waals surface area contributed by atoms with Crippen LogP contribution in [0.15, 0.2) is 12.7 Å². The van der Waals surface area contributed by atoms with Crippen LogP contribution < -0.4 is 11.1 Å². The van der Waals surface area contributed by atoms with Crippen LogP contribution in [0.4, 0.5) is 0 Å². The minimum Gasteiger partial charge on any atom is -0.355 e. The fourth-order valence-corrected chi connectivity index (χ4v) is 2.53. The predicted octanol–water partition coefficient (Wildman–Crippen LogP) is 2.47. The van der Waals surface area contributed by atoms with Crippen molar-refractivity contribution in [1.29, 1.82) is 0 Å². The minimum absolute atomic E-state index is 0.00515. The van der Waals surface area contributed by atoms with Crippen LogP contribution in [-0.4, -0.2) is 19.0 Å². The van der Waals surface area contributed by atoms with E-state index in [2.05, 4.69) is 39.6 Å². The van der Waals surface area contributed by atoms with Gasteiger partial charge in [-0.25, -0.2) is 0 Å². The zero-order chi connectivity index (χ0) is 13.5. The van der Waals surface area contributed by atoms with Crippen LogP contribution in [0.1, 0.15) is 47.0 Å². The normalized spacial score (nSPS) is 12.3. The second kappa shape index (κ2) is 6.80. The lowest BCUT2D eigenvalue weighted by molar-refractivity contribution is -0.123. The Balaban J connectivity index is 4.27. The maximum atomic E-state index is 11.7. The highest BCUT2D eigenvalue weighted by molar-refractivity contribution is 5.76. The van der Waals surface area contributed by atoms with E-state index in [1.807, 2.05) is 6.08 Å². The summed E-state index contributed by atoms with van der Waals surface area (Å²) in [6.45, 7) is 13.5. The summed E-state index contributed by atoms with van der Waals surface area (Å²) in [4.78, 5) is 11.7. The van der Waals surface area contributed by atoms with Crippen molar-refractivity contribution >= 4 is 5.91 Å². The van der Waals surface area contributed by atoms with Crippen molar-refractivity contribution in [2.45, 2.75) is 47.0 Å². The largest absolute Gasteiger partial charge is 0.355 e. The lowest BCUT2D eigenvalue weighted by Gasteiger charge is -2.34. The summed E-state index contributed by atoms with van der Waals surface area (Å²) in [6.07, 6.45) is 4.47.